The zero-order chi connectivity index (χ0) is 13.4. The number of H-pyrrole nitrogens is 1. The van der Waals surface area contributed by atoms with Crippen molar-refractivity contribution in [3.63, 3.8) is 0 Å². The molecule has 2 heterocycles. The molecule has 0 aliphatic rings. The number of halogens is 1. The van der Waals surface area contributed by atoms with Gasteiger partial charge >= 0.3 is 5.97 Å². The highest BCUT2D eigenvalue weighted by Crippen LogP contribution is 2.24. The molecule has 94 valence electrons. The van der Waals surface area contributed by atoms with Gasteiger partial charge in [0, 0.05) is 6.20 Å². The fourth-order valence-corrected chi connectivity index (χ4v) is 1.90. The zero-order valence-electron chi connectivity index (χ0n) is 9.59. The highest BCUT2D eigenvalue weighted by atomic mass is 19.1. The van der Waals surface area contributed by atoms with Gasteiger partial charge in [0.15, 0.2) is 5.82 Å². The molecule has 19 heavy (non-hydrogen) atoms. The molecular weight excluding hydrogens is 249 g/mol. The third kappa shape index (κ3) is 1.83. The molecule has 0 aliphatic carbocycles. The van der Waals surface area contributed by atoms with Gasteiger partial charge in [-0.15, -0.1) is 0 Å². The maximum absolute atomic E-state index is 13.6. The average molecular weight is 257 g/mol. The van der Waals surface area contributed by atoms with E-state index in [4.69, 9.17) is 5.11 Å². The van der Waals surface area contributed by atoms with Crippen LogP contribution in [0.4, 0.5) is 4.39 Å². The summed E-state index contributed by atoms with van der Waals surface area (Å²) in [4.78, 5) is 21.8. The number of pyridine rings is 1. The molecular formula is C13H8FN3O2. The largest absolute Gasteiger partial charge is 0.478 e. The van der Waals surface area contributed by atoms with E-state index >= 15 is 0 Å². The van der Waals surface area contributed by atoms with Crippen LogP contribution < -0.4 is 0 Å². The Labute approximate surface area is 106 Å². The van der Waals surface area contributed by atoms with E-state index in [0.29, 0.717) is 11.0 Å². The van der Waals surface area contributed by atoms with Crippen LogP contribution in [0.3, 0.4) is 0 Å². The van der Waals surface area contributed by atoms with Crippen molar-refractivity contribution < 1.29 is 14.3 Å². The molecule has 0 amide bonds. The van der Waals surface area contributed by atoms with Gasteiger partial charge in [-0.3, -0.25) is 4.98 Å². The maximum Gasteiger partial charge on any atom is 0.337 e. The number of rotatable bonds is 2. The Morgan fingerprint density at radius 3 is 2.89 bits per heavy atom. The number of carboxylic acid groups (broad SMARTS) is 1. The normalized spacial score (nSPS) is 10.8. The summed E-state index contributed by atoms with van der Waals surface area (Å²) in [7, 11) is 0. The summed E-state index contributed by atoms with van der Waals surface area (Å²) in [6.07, 6.45) is 2.53. The number of aromatic carboxylic acids is 1. The summed E-state index contributed by atoms with van der Waals surface area (Å²) in [6, 6.07) is 6.24. The van der Waals surface area contributed by atoms with Gasteiger partial charge < -0.3 is 10.1 Å². The predicted octanol–water partition coefficient (Wildman–Crippen LogP) is 2.46. The zero-order valence-corrected chi connectivity index (χ0v) is 9.59. The van der Waals surface area contributed by atoms with Gasteiger partial charge in [0.25, 0.3) is 0 Å². The Hall–Kier alpha value is -2.76. The van der Waals surface area contributed by atoms with Crippen molar-refractivity contribution >= 4 is 17.0 Å². The third-order valence-electron chi connectivity index (χ3n) is 2.77. The first-order valence-electron chi connectivity index (χ1n) is 5.49. The molecule has 3 aromatic rings. The molecule has 0 saturated carbocycles. The number of imidazole rings is 1. The van der Waals surface area contributed by atoms with Crippen molar-refractivity contribution in [3.8, 4) is 11.4 Å². The first-order chi connectivity index (χ1) is 9.16. The molecule has 0 fully saturated rings. The average Bonchev–Trinajstić information content (AvgIpc) is 2.82. The maximum atomic E-state index is 13.6. The summed E-state index contributed by atoms with van der Waals surface area (Å²) in [5, 5.41) is 9.08. The SMILES string of the molecule is O=C(O)c1cccc2[nH]c(-c3ccncc3F)nc12. The van der Waals surface area contributed by atoms with E-state index in [1.807, 2.05) is 0 Å². The number of aromatic nitrogens is 3. The van der Waals surface area contributed by atoms with Crippen molar-refractivity contribution in [1.29, 1.82) is 0 Å². The molecule has 0 atom stereocenters. The number of nitrogens with zero attached hydrogens (tertiary/aromatic N) is 2. The Bertz CT molecular complexity index is 782. The van der Waals surface area contributed by atoms with Crippen LogP contribution in [0.25, 0.3) is 22.4 Å². The molecule has 0 bridgehead atoms. The number of nitrogens with one attached hydrogen (secondary N) is 1. The second-order valence-corrected chi connectivity index (χ2v) is 3.95. The van der Waals surface area contributed by atoms with Gasteiger partial charge in [-0.05, 0) is 18.2 Å². The van der Waals surface area contributed by atoms with Gasteiger partial charge in [-0.2, -0.15) is 0 Å². The van der Waals surface area contributed by atoms with Crippen LogP contribution in [0.5, 0.6) is 0 Å². The second kappa shape index (κ2) is 4.16. The number of para-hydroxylation sites is 1. The van der Waals surface area contributed by atoms with Gasteiger partial charge in [0.05, 0.1) is 22.8 Å². The van der Waals surface area contributed by atoms with E-state index in [1.165, 1.54) is 18.3 Å². The Balaban J connectivity index is 2.26. The summed E-state index contributed by atoms with van der Waals surface area (Å²) >= 11 is 0. The number of hydrogen-bond donors (Lipinski definition) is 2. The van der Waals surface area contributed by atoms with E-state index in [-0.39, 0.29) is 17.0 Å². The summed E-state index contributed by atoms with van der Waals surface area (Å²) in [5.74, 6) is -1.30. The number of aromatic amines is 1. The van der Waals surface area contributed by atoms with Gasteiger partial charge in [-0.25, -0.2) is 14.2 Å². The first-order valence-corrected chi connectivity index (χ1v) is 5.49. The van der Waals surface area contributed by atoms with E-state index in [2.05, 4.69) is 15.0 Å². The Morgan fingerprint density at radius 2 is 2.16 bits per heavy atom. The molecule has 0 radical (unpaired) electrons. The topological polar surface area (TPSA) is 78.9 Å². The fourth-order valence-electron chi connectivity index (χ4n) is 1.90. The number of benzene rings is 1. The Morgan fingerprint density at radius 1 is 1.32 bits per heavy atom. The van der Waals surface area contributed by atoms with Gasteiger partial charge in [0.2, 0.25) is 0 Å². The molecule has 1 aromatic carbocycles. The van der Waals surface area contributed by atoms with Crippen LogP contribution in [0, 0.1) is 5.82 Å². The van der Waals surface area contributed by atoms with Crippen molar-refractivity contribution in [3.05, 3.63) is 48.0 Å². The minimum atomic E-state index is -1.07. The molecule has 0 spiro atoms. The highest BCUT2D eigenvalue weighted by Gasteiger charge is 2.14. The molecule has 2 N–H and O–H groups in total. The van der Waals surface area contributed by atoms with E-state index < -0.39 is 11.8 Å². The molecule has 2 aromatic heterocycles. The van der Waals surface area contributed by atoms with Gasteiger partial charge in [-0.1, -0.05) is 6.07 Å². The lowest BCUT2D eigenvalue weighted by atomic mass is 10.2. The van der Waals surface area contributed by atoms with Crippen LogP contribution in [0.2, 0.25) is 0 Å². The molecule has 3 rings (SSSR count). The van der Waals surface area contributed by atoms with Gasteiger partial charge in [0.1, 0.15) is 11.3 Å². The van der Waals surface area contributed by atoms with Crippen LogP contribution in [-0.2, 0) is 0 Å². The Kier molecular flexibility index (Phi) is 2.49. The lowest BCUT2D eigenvalue weighted by Crippen LogP contribution is -1.96. The second-order valence-electron chi connectivity index (χ2n) is 3.95. The summed E-state index contributed by atoms with van der Waals surface area (Å²) in [5.41, 5.74) is 1.18. The van der Waals surface area contributed by atoms with E-state index in [1.54, 1.807) is 12.1 Å². The quantitative estimate of drug-likeness (QED) is 0.739. The van der Waals surface area contributed by atoms with Crippen LogP contribution in [-0.4, -0.2) is 26.0 Å². The highest BCUT2D eigenvalue weighted by molar-refractivity contribution is 6.01. The summed E-state index contributed by atoms with van der Waals surface area (Å²) in [6.45, 7) is 0. The molecule has 0 saturated heterocycles. The number of carbonyl (C=O) groups is 1. The van der Waals surface area contributed by atoms with Crippen molar-refractivity contribution in [2.24, 2.45) is 0 Å². The minimum Gasteiger partial charge on any atom is -0.478 e. The van der Waals surface area contributed by atoms with Crippen LogP contribution >= 0.6 is 0 Å². The number of hydrogen-bond acceptors (Lipinski definition) is 3. The third-order valence-corrected chi connectivity index (χ3v) is 2.77. The standard InChI is InChI=1S/C13H8FN3O2/c14-9-6-15-5-4-7(9)12-16-10-3-1-2-8(13(18)19)11(10)17-12/h1-6H,(H,16,17)(H,18,19). The van der Waals surface area contributed by atoms with Crippen LogP contribution in [0.15, 0.2) is 36.7 Å². The molecule has 0 unspecified atom stereocenters. The smallest absolute Gasteiger partial charge is 0.337 e. The number of carboxylic acids is 1. The molecule has 0 aliphatic heterocycles. The summed E-state index contributed by atoms with van der Waals surface area (Å²) < 4.78 is 13.6. The van der Waals surface area contributed by atoms with E-state index in [0.717, 1.165) is 6.20 Å². The first kappa shape index (κ1) is 11.3. The minimum absolute atomic E-state index is 0.0782. The lowest BCUT2D eigenvalue weighted by molar-refractivity contribution is 0.0699. The van der Waals surface area contributed by atoms with Crippen LogP contribution in [0.1, 0.15) is 10.4 Å². The van der Waals surface area contributed by atoms with Crippen molar-refractivity contribution in [2.75, 3.05) is 0 Å². The fraction of sp³-hybridized carbons (Fsp3) is 0. The van der Waals surface area contributed by atoms with Crippen molar-refractivity contribution in [2.45, 2.75) is 0 Å². The molecule has 5 nitrogen and oxygen atoms in total. The predicted molar refractivity (Wildman–Crippen MR) is 66.2 cm³/mol. The number of fused-ring (bicyclic) bond motifs is 1. The van der Waals surface area contributed by atoms with Crippen molar-refractivity contribution in [1.82, 2.24) is 15.0 Å². The molecule has 6 heteroatoms. The monoisotopic (exact) mass is 257 g/mol. The van der Waals surface area contributed by atoms with E-state index in [9.17, 15) is 9.18 Å². The lowest BCUT2D eigenvalue weighted by Gasteiger charge is -1.96.